The number of rotatable bonds is 6. The number of nitrogen functional groups attached to an aromatic ring is 1. The molecule has 1 aromatic carbocycles. The van der Waals surface area contributed by atoms with Gasteiger partial charge in [0.15, 0.2) is 0 Å². The molecule has 0 saturated heterocycles. The third kappa shape index (κ3) is 5.55. The molecule has 0 aliphatic carbocycles. The molecule has 0 bridgehead atoms. The summed E-state index contributed by atoms with van der Waals surface area (Å²) in [5, 5.41) is 0. The van der Waals surface area contributed by atoms with Crippen LogP contribution in [0.25, 0.3) is 0 Å². The Bertz CT molecular complexity index is 477. The summed E-state index contributed by atoms with van der Waals surface area (Å²) in [4.78, 5) is -0.339. The van der Waals surface area contributed by atoms with Crippen LogP contribution < -0.4 is 10.5 Å². The summed E-state index contributed by atoms with van der Waals surface area (Å²) in [6, 6.07) is 4.03. The molecule has 0 aliphatic rings. The van der Waals surface area contributed by atoms with Gasteiger partial charge in [0.1, 0.15) is 17.3 Å². The molecule has 0 aliphatic heterocycles. The maximum atomic E-state index is 11.1. The Morgan fingerprint density at radius 1 is 1.33 bits per heavy atom. The molecule has 0 saturated carbocycles. The molecular weight excluding hydrogens is 269 g/mol. The van der Waals surface area contributed by atoms with Crippen molar-refractivity contribution in [1.29, 1.82) is 0 Å². The molecule has 0 atom stereocenters. The minimum atomic E-state index is -4.34. The topological polar surface area (TPSA) is 98.9 Å². The van der Waals surface area contributed by atoms with Crippen LogP contribution in [0.5, 0.6) is 5.75 Å². The molecule has 3 N–H and O–H groups in total. The van der Waals surface area contributed by atoms with Crippen LogP contribution in [0.3, 0.4) is 0 Å². The van der Waals surface area contributed by atoms with E-state index in [0.29, 0.717) is 13.2 Å². The second-order valence-electron chi connectivity index (χ2n) is 3.23. The van der Waals surface area contributed by atoms with E-state index < -0.39 is 10.1 Å². The van der Waals surface area contributed by atoms with Gasteiger partial charge in [-0.25, -0.2) is 0 Å². The van der Waals surface area contributed by atoms with Crippen molar-refractivity contribution in [1.82, 2.24) is 0 Å². The van der Waals surface area contributed by atoms with Gasteiger partial charge < -0.3 is 15.2 Å². The van der Waals surface area contributed by atoms with Gasteiger partial charge in [0, 0.05) is 12.3 Å². The predicted octanol–water partition coefficient (Wildman–Crippen LogP) is 0.282. The van der Waals surface area contributed by atoms with Crippen LogP contribution in [0.1, 0.15) is 6.92 Å². The Morgan fingerprint density at radius 2 is 2.00 bits per heavy atom. The van der Waals surface area contributed by atoms with E-state index in [0.717, 1.165) is 6.07 Å². The molecule has 0 spiro atoms. The van der Waals surface area contributed by atoms with Gasteiger partial charge in [-0.05, 0) is 25.1 Å². The molecule has 0 heterocycles. The van der Waals surface area contributed by atoms with Crippen molar-refractivity contribution in [2.45, 2.75) is 11.8 Å². The van der Waals surface area contributed by atoms with Crippen molar-refractivity contribution >= 4 is 45.4 Å². The fourth-order valence-corrected chi connectivity index (χ4v) is 1.87. The van der Waals surface area contributed by atoms with E-state index in [1.165, 1.54) is 12.1 Å². The normalized spacial score (nSPS) is 10.8. The number of ether oxygens (including phenoxy) is 2. The van der Waals surface area contributed by atoms with Gasteiger partial charge in [0.05, 0.1) is 6.61 Å². The van der Waals surface area contributed by atoms with E-state index in [9.17, 15) is 8.42 Å². The Morgan fingerprint density at radius 3 is 2.56 bits per heavy atom. The van der Waals surface area contributed by atoms with E-state index in [4.69, 9.17) is 19.8 Å². The molecule has 1 rings (SSSR count). The summed E-state index contributed by atoms with van der Waals surface area (Å²) in [7, 11) is -4.34. The van der Waals surface area contributed by atoms with E-state index in [2.05, 4.69) is 0 Å². The van der Waals surface area contributed by atoms with Gasteiger partial charge in [0.25, 0.3) is 10.1 Å². The quantitative estimate of drug-likeness (QED) is 0.337. The second kappa shape index (κ2) is 7.98. The zero-order valence-corrected chi connectivity index (χ0v) is 10.2. The summed E-state index contributed by atoms with van der Waals surface area (Å²) in [5.41, 5.74) is 5.68. The zero-order chi connectivity index (χ0) is 12.9. The summed E-state index contributed by atoms with van der Waals surface area (Å²) in [5.74, 6) is 0.0569. The summed E-state index contributed by atoms with van der Waals surface area (Å²) in [6.07, 6.45) is 0. The van der Waals surface area contributed by atoms with Crippen molar-refractivity contribution in [2.24, 2.45) is 0 Å². The van der Waals surface area contributed by atoms with Crippen LogP contribution >= 0.6 is 0 Å². The molecule has 18 heavy (non-hydrogen) atoms. The zero-order valence-electron chi connectivity index (χ0n) is 9.42. The van der Waals surface area contributed by atoms with Crippen LogP contribution in [-0.4, -0.2) is 62.3 Å². The van der Waals surface area contributed by atoms with Gasteiger partial charge in [-0.1, -0.05) is 0 Å². The van der Waals surface area contributed by atoms with Crippen LogP contribution in [0.4, 0.5) is 5.69 Å². The first-order valence-electron chi connectivity index (χ1n) is 5.02. The Labute approximate surface area is 129 Å². The molecule has 98 valence electrons. The Balaban J connectivity index is 0.00000289. The molecule has 0 aromatic heterocycles. The monoisotopic (exact) mass is 285 g/mol. The van der Waals surface area contributed by atoms with Gasteiger partial charge >= 0.3 is 29.6 Å². The Kier molecular flexibility index (Phi) is 7.84. The summed E-state index contributed by atoms with van der Waals surface area (Å²) in [6.45, 7) is 2.93. The van der Waals surface area contributed by atoms with Crippen molar-refractivity contribution in [3.05, 3.63) is 18.2 Å². The maximum absolute atomic E-state index is 11.1. The van der Waals surface area contributed by atoms with Gasteiger partial charge in [0.2, 0.25) is 0 Å². The summed E-state index contributed by atoms with van der Waals surface area (Å²) >= 11 is 0. The van der Waals surface area contributed by atoms with Crippen LogP contribution in [-0.2, 0) is 14.9 Å². The third-order valence-electron chi connectivity index (χ3n) is 1.94. The molecule has 0 amide bonds. The predicted molar refractivity (Wildman–Crippen MR) is 69.8 cm³/mol. The fourth-order valence-electron chi connectivity index (χ4n) is 1.20. The van der Waals surface area contributed by atoms with Crippen LogP contribution in [0.15, 0.2) is 23.1 Å². The number of benzene rings is 1. The van der Waals surface area contributed by atoms with Crippen molar-refractivity contribution < 1.29 is 22.4 Å². The number of hydrogen-bond donors (Lipinski definition) is 2. The van der Waals surface area contributed by atoms with Crippen LogP contribution in [0.2, 0.25) is 0 Å². The minimum absolute atomic E-state index is 0. The molecule has 0 unspecified atom stereocenters. The van der Waals surface area contributed by atoms with E-state index in [-0.39, 0.29) is 52.5 Å². The number of hydrogen-bond acceptors (Lipinski definition) is 5. The first-order valence-corrected chi connectivity index (χ1v) is 6.46. The van der Waals surface area contributed by atoms with Gasteiger partial charge in [-0.3, -0.25) is 4.55 Å². The molecule has 8 heteroatoms. The Hall–Kier alpha value is -0.310. The molecule has 0 radical (unpaired) electrons. The average Bonchev–Trinajstić information content (AvgIpc) is 2.25. The fraction of sp³-hybridized carbons (Fsp3) is 0.400. The van der Waals surface area contributed by atoms with Gasteiger partial charge in [-0.15, -0.1) is 0 Å². The number of anilines is 1. The summed E-state index contributed by atoms with van der Waals surface area (Å²) < 4.78 is 41.4. The van der Waals surface area contributed by atoms with Crippen molar-refractivity contribution in [3.63, 3.8) is 0 Å². The second-order valence-corrected chi connectivity index (χ2v) is 4.62. The third-order valence-corrected chi connectivity index (χ3v) is 2.81. The molecule has 6 nitrogen and oxygen atoms in total. The first kappa shape index (κ1) is 17.7. The SMILES string of the molecule is CCOCCOc1ccc(N)cc1S(=O)(=O)O.[NaH]. The average molecular weight is 285 g/mol. The molecule has 1 aromatic rings. The molecular formula is C10H16NNaO5S. The van der Waals surface area contributed by atoms with Gasteiger partial charge in [-0.2, -0.15) is 8.42 Å². The first-order chi connectivity index (χ1) is 7.95. The van der Waals surface area contributed by atoms with Crippen LogP contribution in [0, 0.1) is 0 Å². The molecule has 0 fully saturated rings. The van der Waals surface area contributed by atoms with Crippen molar-refractivity contribution in [2.75, 3.05) is 25.6 Å². The van der Waals surface area contributed by atoms with E-state index in [1.807, 2.05) is 6.92 Å². The van der Waals surface area contributed by atoms with E-state index in [1.54, 1.807) is 0 Å². The van der Waals surface area contributed by atoms with E-state index >= 15 is 0 Å². The van der Waals surface area contributed by atoms with Crippen molar-refractivity contribution in [3.8, 4) is 5.75 Å². The standard InChI is InChI=1S/C10H15NO5S.Na.H/c1-2-15-5-6-16-9-4-3-8(11)7-10(9)17(12,13)14;;/h3-4,7H,2,5-6,11H2,1H3,(H,12,13,14);;. The number of nitrogens with two attached hydrogens (primary N) is 1.